The first kappa shape index (κ1) is 22.5. The molecule has 0 aromatic heterocycles. The Morgan fingerprint density at radius 3 is 2.36 bits per heavy atom. The van der Waals surface area contributed by atoms with E-state index in [0.29, 0.717) is 27.8 Å². The van der Waals surface area contributed by atoms with Crippen LogP contribution in [0.25, 0.3) is 0 Å². The van der Waals surface area contributed by atoms with Crippen molar-refractivity contribution >= 4 is 50.5 Å². The minimum Gasteiger partial charge on any atom is -0.376 e. The van der Waals surface area contributed by atoms with Gasteiger partial charge < -0.3 is 10.2 Å². The average Bonchev–Trinajstić information content (AvgIpc) is 2.62. The van der Waals surface area contributed by atoms with E-state index >= 15 is 0 Å². The summed E-state index contributed by atoms with van der Waals surface area (Å²) < 4.78 is 25.9. The molecule has 6 nitrogen and oxygen atoms in total. The number of benzene rings is 2. The Balaban J connectivity index is 2.23. The monoisotopic (exact) mass is 443 g/mol. The van der Waals surface area contributed by atoms with Crippen LogP contribution in [0.4, 0.5) is 11.4 Å². The van der Waals surface area contributed by atoms with E-state index in [0.717, 1.165) is 9.87 Å². The van der Waals surface area contributed by atoms with Crippen molar-refractivity contribution in [3.05, 3.63) is 52.0 Å². The number of carbonyl (C=O) groups is 1. The largest absolute Gasteiger partial charge is 0.376 e. The number of anilines is 2. The molecule has 1 N–H and O–H groups in total. The fourth-order valence-corrected chi connectivity index (χ4v) is 3.92. The average molecular weight is 444 g/mol. The normalized spacial score (nSPS) is 11.5. The molecule has 0 aliphatic carbocycles. The summed E-state index contributed by atoms with van der Waals surface area (Å²) in [6, 6.07) is 9.94. The van der Waals surface area contributed by atoms with Crippen molar-refractivity contribution in [2.45, 2.75) is 17.7 Å². The molecule has 0 saturated heterocycles. The van der Waals surface area contributed by atoms with E-state index in [1.165, 1.54) is 26.2 Å². The number of amides is 1. The zero-order chi connectivity index (χ0) is 21.1. The molecule has 0 saturated carbocycles. The van der Waals surface area contributed by atoms with Crippen LogP contribution in [0.15, 0.2) is 41.3 Å². The van der Waals surface area contributed by atoms with Crippen LogP contribution in [0.1, 0.15) is 12.0 Å². The number of aryl methyl sites for hydroxylation is 1. The number of nitrogens with zero attached hydrogens (tertiary/aromatic N) is 2. The second kappa shape index (κ2) is 9.13. The summed E-state index contributed by atoms with van der Waals surface area (Å²) in [4.78, 5) is 14.4. The van der Waals surface area contributed by atoms with Crippen LogP contribution in [0.3, 0.4) is 0 Å². The quantitative estimate of drug-likeness (QED) is 0.704. The van der Waals surface area contributed by atoms with Gasteiger partial charge in [-0.1, -0.05) is 35.3 Å². The molecule has 2 aromatic carbocycles. The number of carbonyl (C=O) groups excluding carboxylic acids is 1. The molecular weight excluding hydrogens is 421 g/mol. The molecule has 0 aliphatic heterocycles. The second-order valence-electron chi connectivity index (χ2n) is 6.62. The van der Waals surface area contributed by atoms with Gasteiger partial charge in [-0.15, -0.1) is 0 Å². The van der Waals surface area contributed by atoms with Crippen LogP contribution in [0, 0.1) is 0 Å². The van der Waals surface area contributed by atoms with Crippen molar-refractivity contribution in [2.24, 2.45) is 0 Å². The zero-order valence-corrected chi connectivity index (χ0v) is 18.5. The first-order chi connectivity index (χ1) is 13.0. The van der Waals surface area contributed by atoms with Gasteiger partial charge in [0, 0.05) is 34.6 Å². The molecule has 0 radical (unpaired) electrons. The van der Waals surface area contributed by atoms with Crippen LogP contribution < -0.4 is 10.2 Å². The molecule has 28 heavy (non-hydrogen) atoms. The lowest BCUT2D eigenvalue weighted by Crippen LogP contribution is -2.23. The van der Waals surface area contributed by atoms with Crippen LogP contribution in [-0.2, 0) is 21.2 Å². The maximum atomic E-state index is 12.5. The van der Waals surface area contributed by atoms with Gasteiger partial charge in [-0.05, 0) is 36.2 Å². The van der Waals surface area contributed by atoms with Crippen molar-refractivity contribution in [3.63, 3.8) is 0 Å². The van der Waals surface area contributed by atoms with E-state index in [9.17, 15) is 13.2 Å². The Morgan fingerprint density at radius 1 is 1.07 bits per heavy atom. The van der Waals surface area contributed by atoms with Gasteiger partial charge in [0.2, 0.25) is 15.9 Å². The lowest BCUT2D eigenvalue weighted by atomic mass is 10.1. The van der Waals surface area contributed by atoms with Gasteiger partial charge in [0.15, 0.2) is 0 Å². The first-order valence-corrected chi connectivity index (χ1v) is 10.7. The summed E-state index contributed by atoms with van der Waals surface area (Å²) >= 11 is 12.2. The zero-order valence-electron chi connectivity index (χ0n) is 16.2. The molecule has 0 bridgehead atoms. The lowest BCUT2D eigenvalue weighted by Gasteiger charge is -2.20. The lowest BCUT2D eigenvalue weighted by molar-refractivity contribution is -0.116. The number of hydrogen-bond acceptors (Lipinski definition) is 4. The van der Waals surface area contributed by atoms with Gasteiger partial charge in [-0.2, -0.15) is 0 Å². The van der Waals surface area contributed by atoms with Crippen LogP contribution in [0.5, 0.6) is 0 Å². The van der Waals surface area contributed by atoms with Crippen LogP contribution >= 0.6 is 23.2 Å². The molecule has 0 unspecified atom stereocenters. The minimum atomic E-state index is -3.61. The topological polar surface area (TPSA) is 69.7 Å². The highest BCUT2D eigenvalue weighted by Crippen LogP contribution is 2.29. The highest BCUT2D eigenvalue weighted by atomic mass is 35.5. The summed E-state index contributed by atoms with van der Waals surface area (Å²) in [6.45, 7) is 0. The molecule has 0 fully saturated rings. The third-order valence-electron chi connectivity index (χ3n) is 4.16. The molecule has 9 heteroatoms. The smallest absolute Gasteiger partial charge is 0.242 e. The van der Waals surface area contributed by atoms with Crippen molar-refractivity contribution in [2.75, 3.05) is 38.4 Å². The van der Waals surface area contributed by atoms with Crippen molar-refractivity contribution in [3.8, 4) is 0 Å². The van der Waals surface area contributed by atoms with Gasteiger partial charge in [-0.3, -0.25) is 4.79 Å². The van der Waals surface area contributed by atoms with Gasteiger partial charge in [0.05, 0.1) is 26.3 Å². The first-order valence-electron chi connectivity index (χ1n) is 8.50. The van der Waals surface area contributed by atoms with Crippen LogP contribution in [0.2, 0.25) is 10.0 Å². The Hall–Kier alpha value is -1.80. The van der Waals surface area contributed by atoms with E-state index in [1.54, 1.807) is 23.1 Å². The Labute approximate surface area is 176 Å². The molecular formula is C19H23Cl2N3O3S. The standard InChI is InChI=1S/C19H23Cl2N3O3S/c1-23(2)17-10-9-14(28(26,27)24(3)4)12-16(17)22-18(25)11-8-13-6-5-7-15(20)19(13)21/h5-7,9-10,12H,8,11H2,1-4H3,(H,22,25). The summed E-state index contributed by atoms with van der Waals surface area (Å²) in [5, 5.41) is 3.68. The van der Waals surface area contributed by atoms with Crippen molar-refractivity contribution in [1.29, 1.82) is 0 Å². The van der Waals surface area contributed by atoms with Gasteiger partial charge >= 0.3 is 0 Å². The SMILES string of the molecule is CN(C)c1ccc(S(=O)(=O)N(C)C)cc1NC(=O)CCc1cccc(Cl)c1Cl. The maximum absolute atomic E-state index is 12.5. The Morgan fingerprint density at radius 2 is 1.75 bits per heavy atom. The van der Waals surface area contributed by atoms with Crippen molar-refractivity contribution in [1.82, 2.24) is 4.31 Å². The number of hydrogen-bond donors (Lipinski definition) is 1. The fraction of sp³-hybridized carbons (Fsp3) is 0.316. The maximum Gasteiger partial charge on any atom is 0.242 e. The van der Waals surface area contributed by atoms with Gasteiger partial charge in [0.25, 0.3) is 0 Å². The third kappa shape index (κ3) is 5.17. The van der Waals surface area contributed by atoms with E-state index in [2.05, 4.69) is 5.32 Å². The summed E-state index contributed by atoms with van der Waals surface area (Å²) in [7, 11) is 2.94. The van der Waals surface area contributed by atoms with E-state index in [-0.39, 0.29) is 17.2 Å². The molecule has 0 spiro atoms. The summed E-state index contributed by atoms with van der Waals surface area (Å²) in [6.07, 6.45) is 0.593. The predicted molar refractivity (Wildman–Crippen MR) is 115 cm³/mol. The molecule has 0 atom stereocenters. The Kier molecular flexibility index (Phi) is 7.33. The predicted octanol–water partition coefficient (Wildman–Crippen LogP) is 3.88. The number of nitrogens with one attached hydrogen (secondary N) is 1. The molecule has 0 heterocycles. The number of rotatable bonds is 7. The van der Waals surface area contributed by atoms with E-state index < -0.39 is 10.0 Å². The second-order valence-corrected chi connectivity index (χ2v) is 9.56. The van der Waals surface area contributed by atoms with Gasteiger partial charge in [-0.25, -0.2) is 12.7 Å². The Bertz CT molecular complexity index is 976. The molecule has 2 aromatic rings. The highest BCUT2D eigenvalue weighted by Gasteiger charge is 2.20. The summed E-state index contributed by atoms with van der Waals surface area (Å²) in [5.41, 5.74) is 1.91. The van der Waals surface area contributed by atoms with Crippen molar-refractivity contribution < 1.29 is 13.2 Å². The molecule has 1 amide bonds. The fourth-order valence-electron chi connectivity index (χ4n) is 2.58. The van der Waals surface area contributed by atoms with E-state index in [1.807, 2.05) is 20.2 Å². The van der Waals surface area contributed by atoms with Gasteiger partial charge in [0.1, 0.15) is 0 Å². The van der Waals surface area contributed by atoms with E-state index in [4.69, 9.17) is 23.2 Å². The molecule has 152 valence electrons. The number of halogens is 2. The highest BCUT2D eigenvalue weighted by molar-refractivity contribution is 7.89. The molecule has 2 rings (SSSR count). The van der Waals surface area contributed by atoms with Crippen LogP contribution in [-0.4, -0.2) is 46.8 Å². The summed E-state index contributed by atoms with van der Waals surface area (Å²) in [5.74, 6) is -0.251. The molecule has 0 aliphatic rings. The third-order valence-corrected chi connectivity index (χ3v) is 6.82. The minimum absolute atomic E-state index is 0.108. The number of sulfonamides is 1.